The molecule has 0 bridgehead atoms. The number of hydrogen-bond donors (Lipinski definition) is 1. The highest BCUT2D eigenvalue weighted by molar-refractivity contribution is 7.99. The van der Waals surface area contributed by atoms with Crippen LogP contribution in [-0.2, 0) is 0 Å². The second-order valence-corrected chi connectivity index (χ2v) is 7.09. The molecule has 2 atom stereocenters. The number of nitrogens with zero attached hydrogens (tertiary/aromatic N) is 1. The average Bonchev–Trinajstić information content (AvgIpc) is 2.81. The van der Waals surface area contributed by atoms with Crippen LogP contribution in [0.2, 0.25) is 5.02 Å². The standard InChI is InChI=1S/C14H19ClN2O2S/c1-3-20-11-5-4-10(7-11)16-13-8-12(15)14(17(18)19)6-9(13)2/h6,8,10-11,16H,3-5,7H2,1-2H3. The van der Waals surface area contributed by atoms with Crippen molar-refractivity contribution in [3.05, 3.63) is 32.8 Å². The molecule has 1 aromatic rings. The van der Waals surface area contributed by atoms with Crippen LogP contribution < -0.4 is 5.32 Å². The predicted molar refractivity (Wildman–Crippen MR) is 86.0 cm³/mol. The molecular formula is C14H19ClN2O2S. The molecule has 1 aliphatic rings. The first-order valence-electron chi connectivity index (χ1n) is 6.84. The zero-order chi connectivity index (χ0) is 14.7. The topological polar surface area (TPSA) is 55.2 Å². The number of hydrogen-bond acceptors (Lipinski definition) is 4. The van der Waals surface area contributed by atoms with Gasteiger partial charge < -0.3 is 5.32 Å². The van der Waals surface area contributed by atoms with Crippen LogP contribution in [0.4, 0.5) is 11.4 Å². The van der Waals surface area contributed by atoms with Gasteiger partial charge >= 0.3 is 0 Å². The number of nitrogens with one attached hydrogen (secondary N) is 1. The highest BCUT2D eigenvalue weighted by Gasteiger charge is 2.25. The third-order valence-corrected chi connectivity index (χ3v) is 5.17. The molecule has 110 valence electrons. The first-order valence-corrected chi connectivity index (χ1v) is 8.26. The molecular weight excluding hydrogens is 296 g/mol. The fourth-order valence-corrected chi connectivity index (χ4v) is 4.02. The Morgan fingerprint density at radius 2 is 2.25 bits per heavy atom. The molecule has 0 saturated heterocycles. The van der Waals surface area contributed by atoms with Crippen LogP contribution in [0.5, 0.6) is 0 Å². The maximum absolute atomic E-state index is 10.8. The Balaban J connectivity index is 2.07. The summed E-state index contributed by atoms with van der Waals surface area (Å²) in [6, 6.07) is 3.66. The predicted octanol–water partition coefficient (Wildman–Crippen LogP) is 4.64. The van der Waals surface area contributed by atoms with Crippen molar-refractivity contribution >= 4 is 34.7 Å². The maximum Gasteiger partial charge on any atom is 0.288 e. The fourth-order valence-electron chi connectivity index (χ4n) is 2.64. The quantitative estimate of drug-likeness (QED) is 0.635. The van der Waals surface area contributed by atoms with Crippen LogP contribution in [0, 0.1) is 17.0 Å². The van der Waals surface area contributed by atoms with Crippen molar-refractivity contribution < 1.29 is 4.92 Å². The molecule has 1 aliphatic carbocycles. The van der Waals surface area contributed by atoms with Gasteiger partial charge in [0.1, 0.15) is 5.02 Å². The molecule has 4 nitrogen and oxygen atoms in total. The van der Waals surface area contributed by atoms with Crippen LogP contribution in [0.1, 0.15) is 31.7 Å². The molecule has 0 aliphatic heterocycles. The van der Waals surface area contributed by atoms with Gasteiger partial charge in [0.25, 0.3) is 5.69 Å². The van der Waals surface area contributed by atoms with Gasteiger partial charge in [-0.2, -0.15) is 11.8 Å². The van der Waals surface area contributed by atoms with E-state index in [2.05, 4.69) is 12.2 Å². The van der Waals surface area contributed by atoms with Crippen molar-refractivity contribution in [2.75, 3.05) is 11.1 Å². The lowest BCUT2D eigenvalue weighted by atomic mass is 10.1. The molecule has 2 rings (SSSR count). The molecule has 0 amide bonds. The summed E-state index contributed by atoms with van der Waals surface area (Å²) in [5, 5.41) is 15.2. The summed E-state index contributed by atoms with van der Waals surface area (Å²) in [5.41, 5.74) is 1.75. The van der Waals surface area contributed by atoms with E-state index in [0.717, 1.165) is 35.1 Å². The highest BCUT2D eigenvalue weighted by Crippen LogP contribution is 2.35. The minimum absolute atomic E-state index is 0.0273. The van der Waals surface area contributed by atoms with Gasteiger partial charge in [-0.3, -0.25) is 10.1 Å². The molecule has 1 fully saturated rings. The monoisotopic (exact) mass is 314 g/mol. The number of anilines is 1. The van der Waals surface area contributed by atoms with Crippen molar-refractivity contribution in [3.8, 4) is 0 Å². The van der Waals surface area contributed by atoms with Crippen LogP contribution in [0.15, 0.2) is 12.1 Å². The summed E-state index contributed by atoms with van der Waals surface area (Å²) < 4.78 is 0. The number of nitro benzene ring substituents is 1. The molecule has 1 aromatic carbocycles. The SMILES string of the molecule is CCSC1CCC(Nc2cc(Cl)c([N+](=O)[O-])cc2C)C1. The Morgan fingerprint density at radius 3 is 2.90 bits per heavy atom. The van der Waals surface area contributed by atoms with Crippen molar-refractivity contribution in [1.29, 1.82) is 0 Å². The second kappa shape index (κ2) is 6.68. The van der Waals surface area contributed by atoms with E-state index in [9.17, 15) is 10.1 Å². The Kier molecular flexibility index (Phi) is 5.16. The van der Waals surface area contributed by atoms with E-state index in [1.165, 1.54) is 12.5 Å². The molecule has 1 saturated carbocycles. The molecule has 20 heavy (non-hydrogen) atoms. The Bertz CT molecular complexity index is 510. The molecule has 0 radical (unpaired) electrons. The number of aryl methyl sites for hydroxylation is 1. The van der Waals surface area contributed by atoms with Gasteiger partial charge in [-0.15, -0.1) is 0 Å². The Labute approximate surface area is 128 Å². The van der Waals surface area contributed by atoms with Crippen LogP contribution >= 0.6 is 23.4 Å². The lowest BCUT2D eigenvalue weighted by molar-refractivity contribution is -0.384. The summed E-state index contributed by atoms with van der Waals surface area (Å²) in [4.78, 5) is 10.4. The summed E-state index contributed by atoms with van der Waals surface area (Å²) in [7, 11) is 0. The summed E-state index contributed by atoms with van der Waals surface area (Å²) >= 11 is 7.99. The number of halogens is 1. The minimum atomic E-state index is -0.442. The molecule has 6 heteroatoms. The lowest BCUT2D eigenvalue weighted by Crippen LogP contribution is -2.16. The fraction of sp³-hybridized carbons (Fsp3) is 0.571. The third-order valence-electron chi connectivity index (χ3n) is 3.64. The van der Waals surface area contributed by atoms with Gasteiger partial charge in [0.2, 0.25) is 0 Å². The average molecular weight is 315 g/mol. The van der Waals surface area contributed by atoms with E-state index < -0.39 is 4.92 Å². The van der Waals surface area contributed by atoms with Crippen LogP contribution in [-0.4, -0.2) is 22.0 Å². The van der Waals surface area contributed by atoms with Gasteiger partial charge in [0.15, 0.2) is 0 Å². The smallest absolute Gasteiger partial charge is 0.288 e. The number of nitro groups is 1. The lowest BCUT2D eigenvalue weighted by Gasteiger charge is -2.16. The number of rotatable bonds is 5. The molecule has 1 N–H and O–H groups in total. The summed E-state index contributed by atoms with van der Waals surface area (Å²) in [6.45, 7) is 4.06. The van der Waals surface area contributed by atoms with E-state index >= 15 is 0 Å². The number of thioether (sulfide) groups is 1. The Morgan fingerprint density at radius 1 is 1.50 bits per heavy atom. The van der Waals surface area contributed by atoms with Crippen molar-refractivity contribution in [2.45, 2.75) is 44.4 Å². The molecule has 0 aromatic heterocycles. The summed E-state index contributed by atoms with van der Waals surface area (Å²) in [6.07, 6.45) is 3.52. The zero-order valence-corrected chi connectivity index (χ0v) is 13.3. The Hall–Kier alpha value is -0.940. The molecule has 0 spiro atoms. The second-order valence-electron chi connectivity index (χ2n) is 5.11. The van der Waals surface area contributed by atoms with Crippen LogP contribution in [0.25, 0.3) is 0 Å². The van der Waals surface area contributed by atoms with Gasteiger partial charge in [-0.25, -0.2) is 0 Å². The van der Waals surface area contributed by atoms with Gasteiger partial charge in [-0.05, 0) is 43.6 Å². The van der Waals surface area contributed by atoms with Crippen LogP contribution in [0.3, 0.4) is 0 Å². The van der Waals surface area contributed by atoms with E-state index in [0.29, 0.717) is 6.04 Å². The molecule has 0 heterocycles. The van der Waals surface area contributed by atoms with E-state index in [1.54, 1.807) is 6.07 Å². The zero-order valence-electron chi connectivity index (χ0n) is 11.7. The van der Waals surface area contributed by atoms with Crippen molar-refractivity contribution in [1.82, 2.24) is 0 Å². The summed E-state index contributed by atoms with van der Waals surface area (Å²) in [5.74, 6) is 1.15. The first kappa shape index (κ1) is 15.4. The van der Waals surface area contributed by atoms with Gasteiger partial charge in [-0.1, -0.05) is 18.5 Å². The van der Waals surface area contributed by atoms with Gasteiger partial charge in [0, 0.05) is 23.0 Å². The minimum Gasteiger partial charge on any atom is -0.382 e. The molecule has 2 unspecified atom stereocenters. The highest BCUT2D eigenvalue weighted by atomic mass is 35.5. The first-order chi connectivity index (χ1) is 9.51. The van der Waals surface area contributed by atoms with E-state index in [1.807, 2.05) is 18.7 Å². The largest absolute Gasteiger partial charge is 0.382 e. The van der Waals surface area contributed by atoms with E-state index in [-0.39, 0.29) is 10.7 Å². The van der Waals surface area contributed by atoms with Crippen molar-refractivity contribution in [3.63, 3.8) is 0 Å². The third kappa shape index (κ3) is 3.58. The van der Waals surface area contributed by atoms with E-state index in [4.69, 9.17) is 11.6 Å². The van der Waals surface area contributed by atoms with Crippen molar-refractivity contribution in [2.24, 2.45) is 0 Å². The van der Waals surface area contributed by atoms with Gasteiger partial charge in [0.05, 0.1) is 4.92 Å². The number of benzene rings is 1. The normalized spacial score (nSPS) is 21.9. The maximum atomic E-state index is 10.8.